The second kappa shape index (κ2) is 17.4. The number of rotatable bonds is 10. The summed E-state index contributed by atoms with van der Waals surface area (Å²) in [7, 11) is 0. The summed E-state index contributed by atoms with van der Waals surface area (Å²) in [6, 6.07) is 76.9. The maximum Gasteiger partial charge on any atom is 0.0665 e. The van der Waals surface area contributed by atoms with E-state index in [-0.39, 0.29) is 11.8 Å². The minimum absolute atomic E-state index is 0.178. The van der Waals surface area contributed by atoms with Crippen LogP contribution in [0.4, 0.5) is 5.69 Å². The van der Waals surface area contributed by atoms with Crippen molar-refractivity contribution in [1.82, 2.24) is 0 Å². The van der Waals surface area contributed by atoms with Gasteiger partial charge < -0.3 is 0 Å². The molecule has 0 saturated heterocycles. The van der Waals surface area contributed by atoms with Crippen molar-refractivity contribution in [3.05, 3.63) is 257 Å². The molecule has 0 fully saturated rings. The number of para-hydroxylation sites is 1. The van der Waals surface area contributed by atoms with Crippen LogP contribution in [0.1, 0.15) is 66.0 Å². The highest BCUT2D eigenvalue weighted by Crippen LogP contribution is 2.39. The smallest absolute Gasteiger partial charge is 0.0665 e. The lowest BCUT2D eigenvalue weighted by atomic mass is 9.82. The van der Waals surface area contributed by atoms with Gasteiger partial charge in [0, 0.05) is 5.92 Å². The molecule has 1 heteroatoms. The van der Waals surface area contributed by atoms with Crippen LogP contribution < -0.4 is 0 Å². The Hall–Kier alpha value is -7.09. The van der Waals surface area contributed by atoms with E-state index in [4.69, 9.17) is 4.99 Å². The molecule has 0 aliphatic carbocycles. The van der Waals surface area contributed by atoms with Gasteiger partial charge >= 0.3 is 0 Å². The normalized spacial score (nSPS) is 14.8. The Balaban J connectivity index is 1.09. The molecule has 0 N–H and O–H groups in total. The second-order valence-electron chi connectivity index (χ2n) is 16.0. The number of allylic oxidation sites excluding steroid dienone is 4. The second-order valence-corrected chi connectivity index (χ2v) is 16.0. The van der Waals surface area contributed by atoms with Gasteiger partial charge in [0.2, 0.25) is 0 Å². The molecule has 1 unspecified atom stereocenters. The van der Waals surface area contributed by atoms with E-state index in [1.165, 1.54) is 77.9 Å². The predicted octanol–water partition coefficient (Wildman–Crippen LogP) is 15.8. The number of hydrogen-bond donors (Lipinski definition) is 0. The highest BCUT2D eigenvalue weighted by Gasteiger charge is 2.26. The van der Waals surface area contributed by atoms with E-state index in [1.54, 1.807) is 0 Å². The molecule has 0 aromatic heterocycles. The van der Waals surface area contributed by atoms with Crippen molar-refractivity contribution in [2.24, 2.45) is 4.99 Å². The zero-order valence-electron chi connectivity index (χ0n) is 34.6. The minimum atomic E-state index is 0.178. The molecule has 8 aromatic carbocycles. The summed E-state index contributed by atoms with van der Waals surface area (Å²) in [5, 5.41) is 0. The van der Waals surface area contributed by atoms with Crippen LogP contribution in [0.2, 0.25) is 0 Å². The van der Waals surface area contributed by atoms with Crippen LogP contribution in [0, 0.1) is 0 Å². The van der Waals surface area contributed by atoms with Gasteiger partial charge in [0.25, 0.3) is 0 Å². The third-order valence-corrected chi connectivity index (χ3v) is 12.2. The molecule has 1 aliphatic heterocycles. The van der Waals surface area contributed by atoms with Crippen LogP contribution in [-0.2, 0) is 6.42 Å². The Morgan fingerprint density at radius 2 is 1.00 bits per heavy atom. The maximum atomic E-state index is 5.28. The fourth-order valence-electron chi connectivity index (χ4n) is 8.65. The molecule has 0 amide bonds. The van der Waals surface area contributed by atoms with Crippen molar-refractivity contribution in [2.75, 3.05) is 0 Å². The molecule has 0 bridgehead atoms. The number of hydrogen-bond acceptors (Lipinski definition) is 1. The Bertz CT molecular complexity index is 2830. The Morgan fingerprint density at radius 3 is 1.67 bits per heavy atom. The van der Waals surface area contributed by atoms with Gasteiger partial charge in [0.15, 0.2) is 0 Å². The van der Waals surface area contributed by atoms with Crippen molar-refractivity contribution in [2.45, 2.75) is 39.0 Å². The molecule has 1 nitrogen and oxygen atoms in total. The Labute approximate surface area is 355 Å². The first-order valence-corrected chi connectivity index (χ1v) is 21.1. The van der Waals surface area contributed by atoms with E-state index >= 15 is 0 Å². The molecule has 60 heavy (non-hydrogen) atoms. The van der Waals surface area contributed by atoms with Crippen LogP contribution >= 0.6 is 0 Å². The van der Waals surface area contributed by atoms with Crippen molar-refractivity contribution < 1.29 is 0 Å². The summed E-state index contributed by atoms with van der Waals surface area (Å²) < 4.78 is 0. The first-order valence-electron chi connectivity index (χ1n) is 21.1. The molecule has 1 heterocycles. The molecule has 290 valence electrons. The molecule has 9 rings (SSSR count). The van der Waals surface area contributed by atoms with Gasteiger partial charge in [-0.1, -0.05) is 201 Å². The van der Waals surface area contributed by atoms with Gasteiger partial charge in [-0.15, -0.1) is 0 Å². The SMILES string of the molecule is CC(/C(=C\C(C)c1cccc(-c2cc(-c3ccccc3)cc(-c3ccc(C4=Nc5ccccc5C[C@H]4c4ccccc4)cc3)c2)c1)c1ccccc1)=C(/C)c1ccccc1. The van der Waals surface area contributed by atoms with E-state index in [1.807, 2.05) is 0 Å². The van der Waals surface area contributed by atoms with Gasteiger partial charge in [0.05, 0.1) is 11.4 Å². The van der Waals surface area contributed by atoms with E-state index in [0.717, 1.165) is 23.4 Å². The summed E-state index contributed by atoms with van der Waals surface area (Å²) in [5.41, 5.74) is 20.8. The zero-order chi connectivity index (χ0) is 40.8. The summed E-state index contributed by atoms with van der Waals surface area (Å²) in [6.45, 7) is 6.82. The summed E-state index contributed by atoms with van der Waals surface area (Å²) >= 11 is 0. The maximum absolute atomic E-state index is 5.28. The summed E-state index contributed by atoms with van der Waals surface area (Å²) in [5.74, 6) is 0.374. The highest BCUT2D eigenvalue weighted by molar-refractivity contribution is 6.08. The first kappa shape index (κ1) is 38.4. The molecular formula is C59H49N. The summed E-state index contributed by atoms with van der Waals surface area (Å²) in [6.07, 6.45) is 3.38. The fourth-order valence-corrected chi connectivity index (χ4v) is 8.65. The number of fused-ring (bicyclic) bond motifs is 1. The van der Waals surface area contributed by atoms with Gasteiger partial charge in [-0.25, -0.2) is 0 Å². The standard InChI is InChI=1S/C59H49N/c1-41(35-56(47-23-12-6-13-24-47)43(3)42(2)44-19-8-4-9-20-44)50-28-18-29-51(36-50)55-38-53(45-21-10-5-11-22-45)37-54(39-55)46-31-33-49(34-32-46)59-57(48-25-14-7-15-26-48)40-52-27-16-17-30-58(52)60-59/h4-39,41,57H,40H2,1-3H3/b43-42+,56-35+/t41?,57-/m0/s1. The largest absolute Gasteiger partial charge is 0.252 e. The van der Waals surface area contributed by atoms with Crippen molar-refractivity contribution >= 4 is 22.5 Å². The van der Waals surface area contributed by atoms with Gasteiger partial charge in [-0.3, -0.25) is 4.99 Å². The highest BCUT2D eigenvalue weighted by atomic mass is 14.8. The average Bonchev–Trinajstić information content (AvgIpc) is 3.33. The first-order chi connectivity index (χ1) is 29.5. The lowest BCUT2D eigenvalue weighted by molar-refractivity contribution is 0.859. The van der Waals surface area contributed by atoms with Crippen molar-refractivity contribution in [1.29, 1.82) is 0 Å². The number of nitrogens with zero attached hydrogens (tertiary/aromatic N) is 1. The van der Waals surface area contributed by atoms with Crippen molar-refractivity contribution in [3.63, 3.8) is 0 Å². The molecule has 0 saturated carbocycles. The van der Waals surface area contributed by atoms with Gasteiger partial charge in [-0.05, 0) is 134 Å². The quantitative estimate of drug-likeness (QED) is 0.123. The Kier molecular flexibility index (Phi) is 11.2. The van der Waals surface area contributed by atoms with Crippen LogP contribution in [0.15, 0.2) is 229 Å². The Morgan fingerprint density at radius 1 is 0.483 bits per heavy atom. The molecule has 8 aromatic rings. The third-order valence-electron chi connectivity index (χ3n) is 12.2. The monoisotopic (exact) mass is 771 g/mol. The van der Waals surface area contributed by atoms with E-state index in [0.29, 0.717) is 0 Å². The van der Waals surface area contributed by atoms with E-state index < -0.39 is 0 Å². The van der Waals surface area contributed by atoms with Gasteiger partial charge in [0.1, 0.15) is 0 Å². The van der Waals surface area contributed by atoms with Gasteiger partial charge in [-0.2, -0.15) is 0 Å². The topological polar surface area (TPSA) is 12.4 Å². The van der Waals surface area contributed by atoms with Crippen LogP contribution in [0.25, 0.3) is 44.5 Å². The fraction of sp³-hybridized carbons (Fsp3) is 0.102. The summed E-state index contributed by atoms with van der Waals surface area (Å²) in [4.78, 5) is 5.28. The molecule has 0 radical (unpaired) electrons. The van der Waals surface area contributed by atoms with Crippen LogP contribution in [0.5, 0.6) is 0 Å². The van der Waals surface area contributed by atoms with Crippen LogP contribution in [0.3, 0.4) is 0 Å². The van der Waals surface area contributed by atoms with Crippen LogP contribution in [-0.4, -0.2) is 5.71 Å². The van der Waals surface area contributed by atoms with Crippen molar-refractivity contribution in [3.8, 4) is 33.4 Å². The minimum Gasteiger partial charge on any atom is -0.252 e. The zero-order valence-corrected chi connectivity index (χ0v) is 34.6. The third kappa shape index (κ3) is 8.26. The lowest BCUT2D eigenvalue weighted by Gasteiger charge is -2.26. The lowest BCUT2D eigenvalue weighted by Crippen LogP contribution is -2.20. The van der Waals surface area contributed by atoms with E-state index in [2.05, 4.69) is 239 Å². The molecular weight excluding hydrogens is 723 g/mol. The molecule has 0 spiro atoms. The average molecular weight is 772 g/mol. The molecule has 1 aliphatic rings. The number of aliphatic imine (C=N–C) groups is 1. The predicted molar refractivity (Wildman–Crippen MR) is 256 cm³/mol. The number of benzene rings is 8. The van der Waals surface area contributed by atoms with E-state index in [9.17, 15) is 0 Å². The molecule has 2 atom stereocenters.